The summed E-state index contributed by atoms with van der Waals surface area (Å²) in [4.78, 5) is 11.6. The molecule has 100 valence electrons. The van der Waals surface area contributed by atoms with E-state index in [1.165, 1.54) is 9.77 Å². The Morgan fingerprint density at radius 3 is 3.06 bits per heavy atom. The van der Waals surface area contributed by atoms with Crippen molar-refractivity contribution in [3.05, 3.63) is 17.0 Å². The molecular weight excluding hydrogens is 266 g/mol. The fourth-order valence-electron chi connectivity index (χ4n) is 1.91. The van der Waals surface area contributed by atoms with Gasteiger partial charge in [0.1, 0.15) is 5.60 Å². The number of amides is 1. The van der Waals surface area contributed by atoms with E-state index in [1.807, 2.05) is 32.5 Å². The second-order valence-corrected chi connectivity index (χ2v) is 7.66. The first-order valence-corrected chi connectivity index (χ1v) is 7.99. The lowest BCUT2D eigenvalue weighted by Crippen LogP contribution is -2.35. The Morgan fingerprint density at radius 1 is 1.56 bits per heavy atom. The van der Waals surface area contributed by atoms with Crippen LogP contribution in [0.4, 0.5) is 4.79 Å². The van der Waals surface area contributed by atoms with Crippen molar-refractivity contribution in [2.45, 2.75) is 42.9 Å². The molecule has 1 aliphatic rings. The predicted molar refractivity (Wildman–Crippen MR) is 76.6 cm³/mol. The number of nitrogens with one attached hydrogen (secondary N) is 1. The van der Waals surface area contributed by atoms with Gasteiger partial charge >= 0.3 is 6.09 Å². The number of rotatable bonds is 2. The van der Waals surface area contributed by atoms with Crippen LogP contribution in [-0.4, -0.2) is 24.0 Å². The highest BCUT2D eigenvalue weighted by molar-refractivity contribution is 8.01. The maximum absolute atomic E-state index is 11.6. The van der Waals surface area contributed by atoms with E-state index in [4.69, 9.17) is 4.74 Å². The van der Waals surface area contributed by atoms with Gasteiger partial charge in [-0.25, -0.2) is 4.79 Å². The van der Waals surface area contributed by atoms with Crippen LogP contribution in [0.5, 0.6) is 0 Å². The summed E-state index contributed by atoms with van der Waals surface area (Å²) in [5.74, 6) is 1.56. The number of fused-ring (bicyclic) bond motifs is 1. The van der Waals surface area contributed by atoms with E-state index in [-0.39, 0.29) is 6.09 Å². The highest BCUT2D eigenvalue weighted by atomic mass is 32.2. The first-order chi connectivity index (χ1) is 8.46. The number of hydrogen-bond donors (Lipinski definition) is 1. The molecule has 1 aliphatic heterocycles. The van der Waals surface area contributed by atoms with E-state index in [0.717, 1.165) is 12.2 Å². The molecule has 0 saturated carbocycles. The van der Waals surface area contributed by atoms with Crippen LogP contribution >= 0.6 is 23.1 Å². The van der Waals surface area contributed by atoms with Crippen molar-refractivity contribution in [3.8, 4) is 0 Å². The summed E-state index contributed by atoms with van der Waals surface area (Å²) in [7, 11) is 0. The Balaban J connectivity index is 1.87. The lowest BCUT2D eigenvalue weighted by atomic mass is 9.99. The molecule has 1 aromatic heterocycles. The van der Waals surface area contributed by atoms with E-state index in [2.05, 4.69) is 16.8 Å². The summed E-state index contributed by atoms with van der Waals surface area (Å²) in [5, 5.41) is 5.00. The van der Waals surface area contributed by atoms with Crippen LogP contribution in [0.15, 0.2) is 15.7 Å². The number of alkyl carbamates (subject to hydrolysis) is 1. The van der Waals surface area contributed by atoms with Crippen LogP contribution in [0, 0.1) is 0 Å². The molecule has 0 fully saturated rings. The number of carbonyl (C=O) groups is 1. The van der Waals surface area contributed by atoms with Crippen molar-refractivity contribution in [1.29, 1.82) is 0 Å². The number of hydrogen-bond acceptors (Lipinski definition) is 4. The van der Waals surface area contributed by atoms with Crippen molar-refractivity contribution in [3.63, 3.8) is 0 Å². The third-order valence-corrected chi connectivity index (χ3v) is 4.99. The Bertz CT molecular complexity index is 423. The monoisotopic (exact) mass is 285 g/mol. The van der Waals surface area contributed by atoms with Gasteiger partial charge < -0.3 is 10.1 Å². The molecule has 18 heavy (non-hydrogen) atoms. The van der Waals surface area contributed by atoms with Crippen molar-refractivity contribution < 1.29 is 9.53 Å². The third kappa shape index (κ3) is 3.65. The SMILES string of the molecule is CC(C)(C)OC(=O)NCC1CCSc2sccc21. The molecule has 0 aromatic carbocycles. The van der Waals surface area contributed by atoms with Gasteiger partial charge in [0.2, 0.25) is 0 Å². The summed E-state index contributed by atoms with van der Waals surface area (Å²) < 4.78 is 6.65. The Kier molecular flexibility index (Phi) is 4.22. The highest BCUT2D eigenvalue weighted by Gasteiger charge is 2.23. The fraction of sp³-hybridized carbons (Fsp3) is 0.615. The molecule has 1 unspecified atom stereocenters. The van der Waals surface area contributed by atoms with Crippen LogP contribution in [0.2, 0.25) is 0 Å². The summed E-state index contributed by atoms with van der Waals surface area (Å²) in [6.45, 7) is 6.29. The molecular formula is C13H19NO2S2. The van der Waals surface area contributed by atoms with Gasteiger partial charge in [-0.15, -0.1) is 23.1 Å². The summed E-state index contributed by atoms with van der Waals surface area (Å²) in [5.41, 5.74) is 0.951. The second kappa shape index (κ2) is 5.53. The Labute approximate surface area is 116 Å². The highest BCUT2D eigenvalue weighted by Crippen LogP contribution is 2.40. The van der Waals surface area contributed by atoms with Gasteiger partial charge in [0.25, 0.3) is 0 Å². The first kappa shape index (κ1) is 13.7. The summed E-state index contributed by atoms with van der Waals surface area (Å²) in [6, 6.07) is 2.17. The molecule has 1 atom stereocenters. The molecule has 0 aliphatic carbocycles. The van der Waals surface area contributed by atoms with Gasteiger partial charge in [0.05, 0.1) is 4.21 Å². The van der Waals surface area contributed by atoms with Gasteiger partial charge in [0, 0.05) is 12.5 Å². The molecule has 5 heteroatoms. The van der Waals surface area contributed by atoms with Crippen LogP contribution in [0.3, 0.4) is 0 Å². The largest absolute Gasteiger partial charge is 0.444 e. The molecule has 1 aromatic rings. The minimum absolute atomic E-state index is 0.322. The summed E-state index contributed by atoms with van der Waals surface area (Å²) in [6.07, 6.45) is 0.794. The average Bonchev–Trinajstić information content (AvgIpc) is 2.72. The number of thiophene rings is 1. The Morgan fingerprint density at radius 2 is 2.33 bits per heavy atom. The number of carbonyl (C=O) groups excluding carboxylic acids is 1. The minimum atomic E-state index is -0.431. The zero-order valence-electron chi connectivity index (χ0n) is 11.0. The quantitative estimate of drug-likeness (QED) is 0.897. The van der Waals surface area contributed by atoms with Crippen molar-refractivity contribution in [2.24, 2.45) is 0 Å². The molecule has 1 amide bonds. The van der Waals surface area contributed by atoms with Gasteiger partial charge in [0.15, 0.2) is 0 Å². The molecule has 1 N–H and O–H groups in total. The van der Waals surface area contributed by atoms with Crippen molar-refractivity contribution in [2.75, 3.05) is 12.3 Å². The second-order valence-electron chi connectivity index (χ2n) is 5.38. The molecule has 0 spiro atoms. The Hall–Kier alpha value is -0.680. The molecule has 3 nitrogen and oxygen atoms in total. The molecule has 0 bridgehead atoms. The first-order valence-electron chi connectivity index (χ1n) is 6.13. The lowest BCUT2D eigenvalue weighted by molar-refractivity contribution is 0.0524. The van der Waals surface area contributed by atoms with Crippen LogP contribution < -0.4 is 5.32 Å². The maximum atomic E-state index is 11.6. The van der Waals surface area contributed by atoms with E-state index in [9.17, 15) is 4.79 Å². The smallest absolute Gasteiger partial charge is 0.407 e. The third-order valence-electron chi connectivity index (χ3n) is 2.69. The predicted octanol–water partition coefficient (Wildman–Crippen LogP) is 3.85. The molecule has 2 heterocycles. The van der Waals surface area contributed by atoms with Gasteiger partial charge in [-0.05, 0) is 50.0 Å². The van der Waals surface area contributed by atoms with Crippen LogP contribution in [0.25, 0.3) is 0 Å². The summed E-state index contributed by atoms with van der Waals surface area (Å²) >= 11 is 3.71. The fourth-order valence-corrected chi connectivity index (χ4v) is 4.29. The average molecular weight is 285 g/mol. The maximum Gasteiger partial charge on any atom is 0.407 e. The topological polar surface area (TPSA) is 38.3 Å². The zero-order valence-corrected chi connectivity index (χ0v) is 12.6. The zero-order chi connectivity index (χ0) is 13.2. The van der Waals surface area contributed by atoms with Crippen molar-refractivity contribution in [1.82, 2.24) is 5.32 Å². The van der Waals surface area contributed by atoms with Crippen molar-refractivity contribution >= 4 is 29.2 Å². The van der Waals surface area contributed by atoms with Gasteiger partial charge in [-0.2, -0.15) is 0 Å². The van der Waals surface area contributed by atoms with Gasteiger partial charge in [-0.1, -0.05) is 0 Å². The number of ether oxygens (including phenoxy) is 1. The van der Waals surface area contributed by atoms with E-state index in [1.54, 1.807) is 11.3 Å². The molecule has 0 radical (unpaired) electrons. The van der Waals surface area contributed by atoms with Crippen LogP contribution in [0.1, 0.15) is 38.7 Å². The minimum Gasteiger partial charge on any atom is -0.444 e. The van der Waals surface area contributed by atoms with Crippen LogP contribution in [-0.2, 0) is 4.74 Å². The molecule has 2 rings (SSSR count). The number of thioether (sulfide) groups is 1. The molecule has 0 saturated heterocycles. The van der Waals surface area contributed by atoms with E-state index < -0.39 is 5.60 Å². The standard InChI is InChI=1S/C13H19NO2S2/c1-13(2,3)16-12(15)14-8-9-4-6-17-11-10(9)5-7-18-11/h5,7,9H,4,6,8H2,1-3H3,(H,14,15). The lowest BCUT2D eigenvalue weighted by Gasteiger charge is -2.24. The van der Waals surface area contributed by atoms with E-state index in [0.29, 0.717) is 12.5 Å². The van der Waals surface area contributed by atoms with E-state index >= 15 is 0 Å². The van der Waals surface area contributed by atoms with Gasteiger partial charge in [-0.3, -0.25) is 0 Å². The normalized spacial score (nSPS) is 19.2.